The topological polar surface area (TPSA) is 398 Å². The highest BCUT2D eigenvalue weighted by molar-refractivity contribution is 7.86. The standard InChI is InChI=1S/C53H46N6O18S3/c1-23-44(25(3)48(79(71,72)73)27(5)46(23)58-52(66)56-29-13-17-38(60)36(19-29)50(62)63)54-31-11-15-33-40(21-31)77-41-22-32(12-16-34(41)43(33)35-9-7-8-10-42(35)78(68,69)70)55-45-24(2)47(28(6)49(26(45)4)80(74,75)76)59-53(67)57-30-14-18-39(61)37(20-30)51(64)65/h7-22,54,60-61H,1-6H3,(H,62,63)(H,64,65)(H2,56,58,66)(H2,57,59,67)(H,68,69,70)(H,71,72,73)(H,74,75,76). The van der Waals surface area contributed by atoms with Crippen LogP contribution in [0.4, 0.5) is 49.4 Å². The maximum Gasteiger partial charge on any atom is 0.339 e. The average molecular weight is 1150 g/mol. The van der Waals surface area contributed by atoms with Crippen LogP contribution < -0.4 is 31.9 Å². The largest absolute Gasteiger partial charge is 0.507 e. The van der Waals surface area contributed by atoms with Gasteiger partial charge in [0.1, 0.15) is 48.7 Å². The molecule has 8 rings (SSSR count). The van der Waals surface area contributed by atoms with E-state index in [2.05, 4.69) is 26.6 Å². The predicted molar refractivity (Wildman–Crippen MR) is 293 cm³/mol. The quantitative estimate of drug-likeness (QED) is 0.0290. The molecule has 0 atom stereocenters. The molecule has 27 heteroatoms. The van der Waals surface area contributed by atoms with Gasteiger partial charge in [-0.25, -0.2) is 24.2 Å². The number of carbonyl (C=O) groups is 4. The first-order valence-corrected chi connectivity index (χ1v) is 27.6. The third-order valence-corrected chi connectivity index (χ3v) is 16.1. The van der Waals surface area contributed by atoms with Gasteiger partial charge in [-0.05, 0) is 142 Å². The summed E-state index contributed by atoms with van der Waals surface area (Å²) in [5.74, 6) is -4.07. The summed E-state index contributed by atoms with van der Waals surface area (Å²) in [6.45, 7) is 8.46. The number of phenols is 2. The third-order valence-electron chi connectivity index (χ3n) is 12.9. The molecule has 1 aliphatic heterocycles. The van der Waals surface area contributed by atoms with E-state index in [4.69, 9.17) is 9.41 Å². The Labute approximate surface area is 454 Å². The van der Waals surface area contributed by atoms with Crippen LogP contribution in [0.5, 0.6) is 11.5 Å². The molecule has 0 spiro atoms. The predicted octanol–water partition coefficient (Wildman–Crippen LogP) is 9.87. The molecular formula is C53H46N6O18S3. The highest BCUT2D eigenvalue weighted by Gasteiger charge is 2.29. The summed E-state index contributed by atoms with van der Waals surface area (Å²) in [5.41, 5.74) is -0.322. The van der Waals surface area contributed by atoms with Crippen molar-refractivity contribution in [1.29, 1.82) is 0 Å². The Morgan fingerprint density at radius 3 is 1.52 bits per heavy atom. The van der Waals surface area contributed by atoms with Crippen LogP contribution in [0.15, 0.2) is 121 Å². The first-order valence-electron chi connectivity index (χ1n) is 23.3. The molecule has 0 bridgehead atoms. The van der Waals surface area contributed by atoms with Crippen LogP contribution in [-0.4, -0.2) is 83.3 Å². The van der Waals surface area contributed by atoms with Crippen molar-refractivity contribution in [2.45, 2.75) is 56.2 Å². The SMILES string of the molecule is Cc1c(N=c2ccc3c(-c4ccccc4S(=O)(=O)O)c4ccc(Nc5c(C)c(NC(=O)Nc6ccc(O)c(C(=O)O)c6)c(C)c(S(=O)(=O)O)c5C)cc4oc-3c2)c(C)c(S(=O)(=O)O)c(C)c1NC(=O)Nc1ccc(O)c(C(=O)O)c1. The Morgan fingerprint density at radius 2 is 1.00 bits per heavy atom. The monoisotopic (exact) mass is 1150 g/mol. The molecule has 6 aromatic carbocycles. The lowest BCUT2D eigenvalue weighted by Crippen LogP contribution is -2.22. The maximum atomic E-state index is 13.4. The molecule has 80 heavy (non-hydrogen) atoms. The van der Waals surface area contributed by atoms with Gasteiger partial charge in [-0.2, -0.15) is 25.3 Å². The van der Waals surface area contributed by atoms with Gasteiger partial charge in [0, 0.05) is 57.0 Å². The fourth-order valence-corrected chi connectivity index (χ4v) is 12.1. The number of fused-ring (bicyclic) bond motifs is 2. The summed E-state index contributed by atoms with van der Waals surface area (Å²) in [6, 6.07) is 19.1. The van der Waals surface area contributed by atoms with Crippen molar-refractivity contribution in [1.82, 2.24) is 0 Å². The zero-order valence-electron chi connectivity index (χ0n) is 42.5. The molecule has 24 nitrogen and oxygen atoms in total. The van der Waals surface area contributed by atoms with Gasteiger partial charge in [0.15, 0.2) is 0 Å². The maximum absolute atomic E-state index is 13.4. The Balaban J connectivity index is 1.28. The summed E-state index contributed by atoms with van der Waals surface area (Å²) in [5, 5.41) is 52.2. The zero-order chi connectivity index (χ0) is 58.7. The number of nitrogens with one attached hydrogen (secondary N) is 5. The molecular weight excluding hydrogens is 1100 g/mol. The van der Waals surface area contributed by atoms with Crippen LogP contribution in [0.3, 0.4) is 0 Å². The van der Waals surface area contributed by atoms with Gasteiger partial charge in [-0.3, -0.25) is 13.7 Å². The molecule has 1 aliphatic carbocycles. The molecule has 0 fully saturated rings. The van der Waals surface area contributed by atoms with E-state index < -0.39 is 91.7 Å². The highest BCUT2D eigenvalue weighted by atomic mass is 32.2. The first kappa shape index (κ1) is 56.8. The Hall–Kier alpha value is -9.38. The number of hydrogen-bond acceptors (Lipinski definition) is 15. The van der Waals surface area contributed by atoms with E-state index in [1.54, 1.807) is 6.07 Å². The van der Waals surface area contributed by atoms with Crippen molar-refractivity contribution < 1.29 is 82.9 Å². The first-order chi connectivity index (χ1) is 37.3. The molecule has 0 saturated heterocycles. The summed E-state index contributed by atoms with van der Waals surface area (Å²) >= 11 is 0. The number of rotatable bonds is 13. The van der Waals surface area contributed by atoms with E-state index in [9.17, 15) is 78.5 Å². The minimum absolute atomic E-state index is 0.00664. The second kappa shape index (κ2) is 21.1. The van der Waals surface area contributed by atoms with Crippen LogP contribution >= 0.6 is 0 Å². The molecule has 414 valence electrons. The van der Waals surface area contributed by atoms with Gasteiger partial charge in [-0.1, -0.05) is 18.2 Å². The van der Waals surface area contributed by atoms with E-state index in [1.165, 1.54) is 108 Å². The number of carbonyl (C=O) groups excluding carboxylic acids is 2. The number of carboxylic acid groups (broad SMARTS) is 2. The smallest absolute Gasteiger partial charge is 0.339 e. The second-order valence-electron chi connectivity index (χ2n) is 18.1. The molecule has 0 aromatic heterocycles. The normalized spacial score (nSPS) is 12.1. The third kappa shape index (κ3) is 11.2. The number of amides is 4. The summed E-state index contributed by atoms with van der Waals surface area (Å²) < 4.78 is 116. The van der Waals surface area contributed by atoms with E-state index in [-0.39, 0.29) is 112 Å². The van der Waals surface area contributed by atoms with Crippen LogP contribution in [-0.2, 0) is 30.4 Å². The van der Waals surface area contributed by atoms with Gasteiger partial charge in [0.05, 0.1) is 22.4 Å². The summed E-state index contributed by atoms with van der Waals surface area (Å²) in [6.07, 6.45) is 0. The number of aromatic hydroxyl groups is 2. The fourth-order valence-electron chi connectivity index (χ4n) is 9.49. The molecule has 1 heterocycles. The van der Waals surface area contributed by atoms with Crippen molar-refractivity contribution in [3.63, 3.8) is 0 Å². The lowest BCUT2D eigenvalue weighted by Gasteiger charge is -2.23. The van der Waals surface area contributed by atoms with Crippen molar-refractivity contribution in [2.75, 3.05) is 26.6 Å². The number of benzene rings is 7. The average Bonchev–Trinajstić information content (AvgIpc) is 3.36. The molecule has 0 saturated carbocycles. The van der Waals surface area contributed by atoms with Gasteiger partial charge in [0.2, 0.25) is 0 Å². The van der Waals surface area contributed by atoms with E-state index >= 15 is 0 Å². The van der Waals surface area contributed by atoms with Crippen LogP contribution in [0.1, 0.15) is 54.1 Å². The molecule has 0 radical (unpaired) electrons. The molecule has 4 amide bonds. The van der Waals surface area contributed by atoms with E-state index in [0.29, 0.717) is 0 Å². The highest BCUT2D eigenvalue weighted by Crippen LogP contribution is 2.45. The van der Waals surface area contributed by atoms with Crippen molar-refractivity contribution >= 4 is 105 Å². The van der Waals surface area contributed by atoms with Crippen LogP contribution in [0.2, 0.25) is 0 Å². The number of aromatic carboxylic acids is 2. The van der Waals surface area contributed by atoms with Crippen molar-refractivity contribution in [3.05, 3.63) is 147 Å². The summed E-state index contributed by atoms with van der Waals surface area (Å²) in [7, 11) is -14.9. The molecule has 6 aromatic rings. The number of urea groups is 2. The second-order valence-corrected chi connectivity index (χ2v) is 22.2. The Kier molecular flexibility index (Phi) is 15.0. The van der Waals surface area contributed by atoms with Crippen LogP contribution in [0.25, 0.3) is 33.4 Å². The Bertz CT molecular complexity index is 4410. The van der Waals surface area contributed by atoms with Gasteiger partial charge in [-0.15, -0.1) is 0 Å². The molecule has 0 unspecified atom stereocenters. The van der Waals surface area contributed by atoms with E-state index in [1.807, 2.05) is 0 Å². The lowest BCUT2D eigenvalue weighted by atomic mass is 9.93. The Morgan fingerprint density at radius 1 is 0.500 bits per heavy atom. The van der Waals surface area contributed by atoms with Crippen molar-refractivity contribution in [2.24, 2.45) is 4.99 Å². The lowest BCUT2D eigenvalue weighted by molar-refractivity contribution is 0.0682. The number of nitrogens with zero attached hydrogens (tertiary/aromatic N) is 1. The van der Waals surface area contributed by atoms with Gasteiger partial charge in [0.25, 0.3) is 30.4 Å². The molecule has 2 aliphatic rings. The summed E-state index contributed by atoms with van der Waals surface area (Å²) in [4.78, 5) is 53.2. The number of anilines is 6. The van der Waals surface area contributed by atoms with Crippen LogP contribution in [0, 0.1) is 41.5 Å². The fraction of sp³-hybridized carbons (Fsp3) is 0.113. The number of carboxylic acids is 2. The van der Waals surface area contributed by atoms with E-state index in [0.717, 1.165) is 24.3 Å². The minimum atomic E-state index is -5.02. The van der Waals surface area contributed by atoms with Gasteiger partial charge >= 0.3 is 24.0 Å². The van der Waals surface area contributed by atoms with Crippen molar-refractivity contribution in [3.8, 4) is 33.9 Å². The number of hydrogen-bond donors (Lipinski definition) is 12. The zero-order valence-corrected chi connectivity index (χ0v) is 45.0. The van der Waals surface area contributed by atoms with Gasteiger partial charge < -0.3 is 51.4 Å². The minimum Gasteiger partial charge on any atom is -0.507 e. The molecule has 12 N–H and O–H groups in total.